The minimum absolute atomic E-state index is 0.145. The van der Waals surface area contributed by atoms with Crippen LogP contribution in [0.5, 0.6) is 0 Å². The molecule has 0 aromatic heterocycles. The first kappa shape index (κ1) is 12.6. The smallest absolute Gasteiger partial charge is 0.317 e. The van der Waals surface area contributed by atoms with Crippen LogP contribution in [0.3, 0.4) is 0 Å². The van der Waals surface area contributed by atoms with Crippen LogP contribution in [0.15, 0.2) is 11.3 Å². The Morgan fingerprint density at radius 2 is 1.78 bits per heavy atom. The molecule has 0 radical (unpaired) electrons. The fourth-order valence-electron chi connectivity index (χ4n) is 2.44. The molecule has 2 atom stereocenters. The van der Waals surface area contributed by atoms with Crippen LogP contribution in [0.2, 0.25) is 0 Å². The third kappa shape index (κ3) is 1.77. The second-order valence-corrected chi connectivity index (χ2v) is 4.17. The van der Waals surface area contributed by atoms with Gasteiger partial charge in [0.2, 0.25) is 5.78 Å². The lowest BCUT2D eigenvalue weighted by atomic mass is 9.88. The van der Waals surface area contributed by atoms with Gasteiger partial charge >= 0.3 is 11.9 Å². The van der Waals surface area contributed by atoms with Gasteiger partial charge in [0, 0.05) is 0 Å². The van der Waals surface area contributed by atoms with Crippen LogP contribution in [-0.2, 0) is 28.6 Å². The monoisotopic (exact) mass is 254 g/mol. The second kappa shape index (κ2) is 4.80. The van der Waals surface area contributed by atoms with Crippen molar-refractivity contribution in [3.63, 3.8) is 0 Å². The number of Topliss-reactive ketones (excluding diaryl/α,β-unsaturated/α-hetero) is 1. The van der Waals surface area contributed by atoms with Gasteiger partial charge in [0.1, 0.15) is 11.8 Å². The van der Waals surface area contributed by atoms with Crippen molar-refractivity contribution in [3.05, 3.63) is 11.3 Å². The highest BCUT2D eigenvalue weighted by Crippen LogP contribution is 2.41. The predicted molar refractivity (Wildman–Crippen MR) is 58.2 cm³/mol. The maximum absolute atomic E-state index is 12.1. The number of carbonyl (C=O) groups excluding carboxylic acids is 3. The molecule has 6 heteroatoms. The fourth-order valence-corrected chi connectivity index (χ4v) is 2.44. The van der Waals surface area contributed by atoms with Crippen LogP contribution < -0.4 is 0 Å². The van der Waals surface area contributed by atoms with Crippen molar-refractivity contribution in [1.82, 2.24) is 0 Å². The summed E-state index contributed by atoms with van der Waals surface area (Å²) in [5, 5.41) is 0. The van der Waals surface area contributed by atoms with Gasteiger partial charge in [0.15, 0.2) is 5.76 Å². The van der Waals surface area contributed by atoms with Gasteiger partial charge in [-0.15, -0.1) is 0 Å². The molecule has 0 N–H and O–H groups in total. The van der Waals surface area contributed by atoms with Crippen LogP contribution >= 0.6 is 0 Å². The van der Waals surface area contributed by atoms with E-state index < -0.39 is 29.6 Å². The summed E-state index contributed by atoms with van der Waals surface area (Å²) in [7, 11) is 2.41. The zero-order chi connectivity index (χ0) is 13.3. The van der Waals surface area contributed by atoms with Gasteiger partial charge in [-0.2, -0.15) is 0 Å². The second-order valence-electron chi connectivity index (χ2n) is 4.17. The van der Waals surface area contributed by atoms with Crippen LogP contribution in [0.4, 0.5) is 0 Å². The number of methoxy groups -OCH3 is 2. The Hall–Kier alpha value is -1.85. The molecule has 2 rings (SSSR count). The number of ketones is 1. The lowest BCUT2D eigenvalue weighted by Crippen LogP contribution is -2.33. The van der Waals surface area contributed by atoms with Crippen molar-refractivity contribution in [1.29, 1.82) is 0 Å². The number of esters is 2. The van der Waals surface area contributed by atoms with Crippen LogP contribution in [-0.4, -0.2) is 38.5 Å². The van der Waals surface area contributed by atoms with Crippen molar-refractivity contribution in [2.45, 2.75) is 12.8 Å². The van der Waals surface area contributed by atoms with E-state index in [1.165, 1.54) is 14.2 Å². The largest absolute Gasteiger partial charge is 0.490 e. The minimum atomic E-state index is -1.16. The van der Waals surface area contributed by atoms with E-state index in [1.807, 2.05) is 0 Å². The molecule has 1 aliphatic carbocycles. The van der Waals surface area contributed by atoms with Crippen molar-refractivity contribution in [3.8, 4) is 0 Å². The Balaban J connectivity index is 2.41. The summed E-state index contributed by atoms with van der Waals surface area (Å²) < 4.78 is 14.5. The van der Waals surface area contributed by atoms with E-state index >= 15 is 0 Å². The molecule has 0 unspecified atom stereocenters. The van der Waals surface area contributed by atoms with E-state index in [1.54, 1.807) is 0 Å². The Bertz CT molecular complexity index is 436. The van der Waals surface area contributed by atoms with E-state index in [2.05, 4.69) is 9.47 Å². The summed E-state index contributed by atoms with van der Waals surface area (Å²) >= 11 is 0. The van der Waals surface area contributed by atoms with Gasteiger partial charge in [0.05, 0.1) is 20.8 Å². The fraction of sp³-hybridized carbons (Fsp3) is 0.583. The zero-order valence-corrected chi connectivity index (χ0v) is 10.2. The Morgan fingerprint density at radius 3 is 2.39 bits per heavy atom. The number of carbonyl (C=O) groups is 3. The summed E-state index contributed by atoms with van der Waals surface area (Å²) in [4.78, 5) is 35.5. The maximum atomic E-state index is 12.1. The molecule has 2 aliphatic rings. The molecule has 0 bridgehead atoms. The van der Waals surface area contributed by atoms with Gasteiger partial charge in [0.25, 0.3) is 0 Å². The van der Waals surface area contributed by atoms with Crippen molar-refractivity contribution >= 4 is 17.7 Å². The van der Waals surface area contributed by atoms with E-state index in [4.69, 9.17) is 4.74 Å². The summed E-state index contributed by atoms with van der Waals surface area (Å²) in [6.45, 7) is 0.423. The summed E-state index contributed by atoms with van der Waals surface area (Å²) in [6, 6.07) is 0. The number of ether oxygens (including phenoxy) is 3. The molecule has 1 heterocycles. The van der Waals surface area contributed by atoms with E-state index in [-0.39, 0.29) is 5.76 Å². The van der Waals surface area contributed by atoms with E-state index in [0.29, 0.717) is 25.0 Å². The zero-order valence-electron chi connectivity index (χ0n) is 10.2. The Labute approximate surface area is 104 Å². The lowest BCUT2D eigenvalue weighted by Gasteiger charge is -2.18. The Kier molecular flexibility index (Phi) is 3.36. The van der Waals surface area contributed by atoms with Crippen molar-refractivity contribution in [2.24, 2.45) is 11.8 Å². The van der Waals surface area contributed by atoms with Crippen LogP contribution in [0.1, 0.15) is 12.8 Å². The summed E-state index contributed by atoms with van der Waals surface area (Å²) in [6.07, 6.45) is 1.28. The molecule has 0 fully saturated rings. The highest BCUT2D eigenvalue weighted by atomic mass is 16.5. The average molecular weight is 254 g/mol. The van der Waals surface area contributed by atoms with Crippen LogP contribution in [0, 0.1) is 11.8 Å². The number of hydrogen-bond donors (Lipinski definition) is 0. The first-order valence-corrected chi connectivity index (χ1v) is 5.67. The number of allylic oxidation sites excluding steroid dienone is 1. The third-order valence-electron chi connectivity index (χ3n) is 3.25. The SMILES string of the molecule is COC(=O)[C@@H]1C(=O)C2=C(CCCO2)[C@@H]1C(=O)OC. The maximum Gasteiger partial charge on any atom is 0.317 e. The summed E-state index contributed by atoms with van der Waals surface area (Å²) in [5.41, 5.74) is 0.563. The van der Waals surface area contributed by atoms with Crippen molar-refractivity contribution in [2.75, 3.05) is 20.8 Å². The molecule has 0 aromatic carbocycles. The quantitative estimate of drug-likeness (QED) is 0.518. The van der Waals surface area contributed by atoms with Crippen molar-refractivity contribution < 1.29 is 28.6 Å². The normalized spacial score (nSPS) is 26.4. The van der Waals surface area contributed by atoms with Gasteiger partial charge in [-0.3, -0.25) is 14.4 Å². The van der Waals surface area contributed by atoms with Gasteiger partial charge in [-0.1, -0.05) is 0 Å². The van der Waals surface area contributed by atoms with Gasteiger partial charge < -0.3 is 14.2 Å². The standard InChI is InChI=1S/C12H14O6/c1-16-11(14)7-6-4-3-5-18-10(6)9(13)8(7)12(15)17-2/h7-8H,3-5H2,1-2H3/t7-,8-/m0/s1. The number of hydrogen-bond acceptors (Lipinski definition) is 6. The molecule has 6 nitrogen and oxygen atoms in total. The molecule has 18 heavy (non-hydrogen) atoms. The molecule has 0 saturated heterocycles. The highest BCUT2D eigenvalue weighted by molar-refractivity contribution is 6.14. The minimum Gasteiger partial charge on any atom is -0.490 e. The molecule has 98 valence electrons. The molecule has 0 amide bonds. The number of rotatable bonds is 2. The van der Waals surface area contributed by atoms with Gasteiger partial charge in [-0.25, -0.2) is 0 Å². The first-order chi connectivity index (χ1) is 8.61. The molecule has 0 aromatic rings. The van der Waals surface area contributed by atoms with Gasteiger partial charge in [-0.05, 0) is 18.4 Å². The summed E-state index contributed by atoms with van der Waals surface area (Å²) in [5.74, 6) is -3.72. The Morgan fingerprint density at radius 1 is 1.17 bits per heavy atom. The predicted octanol–water partition coefficient (Wildman–Crippen LogP) is 0.212. The molecular formula is C12H14O6. The molecule has 1 aliphatic heterocycles. The van der Waals surface area contributed by atoms with E-state index in [9.17, 15) is 14.4 Å². The first-order valence-electron chi connectivity index (χ1n) is 5.67. The highest BCUT2D eigenvalue weighted by Gasteiger charge is 2.52. The van der Waals surface area contributed by atoms with E-state index in [0.717, 1.165) is 0 Å². The van der Waals surface area contributed by atoms with Crippen LogP contribution in [0.25, 0.3) is 0 Å². The molecular weight excluding hydrogens is 240 g/mol. The topological polar surface area (TPSA) is 78.9 Å². The molecule has 0 spiro atoms. The average Bonchev–Trinajstić information content (AvgIpc) is 2.71. The lowest BCUT2D eigenvalue weighted by molar-refractivity contribution is -0.157. The third-order valence-corrected chi connectivity index (χ3v) is 3.25. The molecule has 0 saturated carbocycles.